The fourth-order valence-electron chi connectivity index (χ4n) is 3.42. The van der Waals surface area contributed by atoms with Crippen LogP contribution in [-0.2, 0) is 16.1 Å². The standard InChI is InChI=1S/C24H30F2N2O3/c1-24(2,3)30-16-21(29)14-28(13-17-5-4-6-20(26)11-17)15-22-12-23(27-31-22)18-7-9-19(25)10-8-18/h4-11,21-22,29H,12-16H2,1-3H3. The van der Waals surface area contributed by atoms with Crippen LogP contribution in [-0.4, -0.2) is 53.2 Å². The molecule has 2 atom stereocenters. The Morgan fingerprint density at radius 1 is 1.16 bits per heavy atom. The predicted molar refractivity (Wildman–Crippen MR) is 116 cm³/mol. The highest BCUT2D eigenvalue weighted by Gasteiger charge is 2.26. The molecule has 0 fully saturated rings. The lowest BCUT2D eigenvalue weighted by atomic mass is 10.0. The smallest absolute Gasteiger partial charge is 0.145 e. The first-order valence-corrected chi connectivity index (χ1v) is 10.5. The summed E-state index contributed by atoms with van der Waals surface area (Å²) in [4.78, 5) is 7.62. The number of rotatable bonds is 9. The van der Waals surface area contributed by atoms with Crippen LogP contribution in [0, 0.1) is 11.6 Å². The number of hydrogen-bond acceptors (Lipinski definition) is 5. The van der Waals surface area contributed by atoms with Crippen LogP contribution < -0.4 is 0 Å². The highest BCUT2D eigenvalue weighted by Crippen LogP contribution is 2.19. The Bertz CT molecular complexity index is 881. The number of ether oxygens (including phenoxy) is 1. The zero-order valence-corrected chi connectivity index (χ0v) is 18.2. The number of benzene rings is 2. The SMILES string of the molecule is CC(C)(C)OCC(O)CN(Cc1cccc(F)c1)CC1CC(c2ccc(F)cc2)=NO1. The largest absolute Gasteiger partial charge is 0.390 e. The van der Waals surface area contributed by atoms with E-state index in [0.29, 0.717) is 26.1 Å². The lowest BCUT2D eigenvalue weighted by molar-refractivity contribution is -0.0600. The van der Waals surface area contributed by atoms with E-state index >= 15 is 0 Å². The summed E-state index contributed by atoms with van der Waals surface area (Å²) < 4.78 is 32.5. The Labute approximate surface area is 182 Å². The summed E-state index contributed by atoms with van der Waals surface area (Å²) in [5, 5.41) is 14.7. The number of oxime groups is 1. The molecule has 2 unspecified atom stereocenters. The van der Waals surface area contributed by atoms with E-state index in [1.165, 1.54) is 24.3 Å². The summed E-state index contributed by atoms with van der Waals surface area (Å²) >= 11 is 0. The second kappa shape index (κ2) is 10.3. The molecule has 0 radical (unpaired) electrons. The van der Waals surface area contributed by atoms with Gasteiger partial charge in [0.2, 0.25) is 0 Å². The van der Waals surface area contributed by atoms with Gasteiger partial charge in [-0.05, 0) is 56.2 Å². The third-order valence-corrected chi connectivity index (χ3v) is 4.85. The first kappa shape index (κ1) is 23.3. The maximum atomic E-state index is 13.6. The number of aliphatic hydroxyl groups is 1. The topological polar surface area (TPSA) is 54.3 Å². The molecule has 1 aliphatic rings. The fraction of sp³-hybridized carbons (Fsp3) is 0.458. The second-order valence-corrected chi connectivity index (χ2v) is 8.88. The third kappa shape index (κ3) is 7.69. The summed E-state index contributed by atoms with van der Waals surface area (Å²) in [5.74, 6) is -0.597. The zero-order valence-electron chi connectivity index (χ0n) is 18.2. The Morgan fingerprint density at radius 3 is 2.58 bits per heavy atom. The molecular formula is C24H30F2N2O3. The third-order valence-electron chi connectivity index (χ3n) is 4.85. The number of aliphatic hydroxyl groups excluding tert-OH is 1. The summed E-state index contributed by atoms with van der Waals surface area (Å²) in [6, 6.07) is 12.6. The van der Waals surface area contributed by atoms with Gasteiger partial charge >= 0.3 is 0 Å². The molecule has 2 aromatic carbocycles. The highest BCUT2D eigenvalue weighted by atomic mass is 19.1. The minimum absolute atomic E-state index is 0.200. The van der Waals surface area contributed by atoms with E-state index in [9.17, 15) is 13.9 Å². The van der Waals surface area contributed by atoms with Crippen LogP contribution in [0.25, 0.3) is 0 Å². The van der Waals surface area contributed by atoms with Gasteiger partial charge in [0.05, 0.1) is 24.0 Å². The Morgan fingerprint density at radius 2 is 1.90 bits per heavy atom. The van der Waals surface area contributed by atoms with E-state index in [0.717, 1.165) is 16.8 Å². The van der Waals surface area contributed by atoms with Gasteiger partial charge in [-0.2, -0.15) is 0 Å². The normalized spacial score (nSPS) is 17.5. The van der Waals surface area contributed by atoms with Crippen LogP contribution in [0.3, 0.4) is 0 Å². The Balaban J connectivity index is 1.62. The molecule has 0 aliphatic carbocycles. The van der Waals surface area contributed by atoms with Crippen LogP contribution in [0.4, 0.5) is 8.78 Å². The van der Waals surface area contributed by atoms with Gasteiger partial charge in [0, 0.05) is 26.1 Å². The minimum atomic E-state index is -0.702. The second-order valence-electron chi connectivity index (χ2n) is 8.88. The average Bonchev–Trinajstić information content (AvgIpc) is 3.15. The number of hydrogen-bond donors (Lipinski definition) is 1. The van der Waals surface area contributed by atoms with E-state index in [1.54, 1.807) is 18.2 Å². The molecule has 0 spiro atoms. The molecular weight excluding hydrogens is 402 g/mol. The van der Waals surface area contributed by atoms with E-state index < -0.39 is 6.10 Å². The van der Waals surface area contributed by atoms with E-state index in [-0.39, 0.29) is 29.9 Å². The number of halogens is 2. The minimum Gasteiger partial charge on any atom is -0.390 e. The van der Waals surface area contributed by atoms with Crippen molar-refractivity contribution in [2.75, 3.05) is 19.7 Å². The van der Waals surface area contributed by atoms with Crippen LogP contribution in [0.2, 0.25) is 0 Å². The van der Waals surface area contributed by atoms with Crippen LogP contribution >= 0.6 is 0 Å². The fourth-order valence-corrected chi connectivity index (χ4v) is 3.42. The summed E-state index contributed by atoms with van der Waals surface area (Å²) in [5.41, 5.74) is 2.04. The van der Waals surface area contributed by atoms with E-state index in [4.69, 9.17) is 9.57 Å². The maximum absolute atomic E-state index is 13.6. The van der Waals surface area contributed by atoms with E-state index in [1.807, 2.05) is 31.7 Å². The van der Waals surface area contributed by atoms with Gasteiger partial charge in [-0.25, -0.2) is 8.78 Å². The molecule has 5 nitrogen and oxygen atoms in total. The molecule has 0 amide bonds. The van der Waals surface area contributed by atoms with Gasteiger partial charge in [-0.1, -0.05) is 29.4 Å². The Kier molecular flexibility index (Phi) is 7.75. The lowest BCUT2D eigenvalue weighted by Gasteiger charge is -2.28. The van der Waals surface area contributed by atoms with Gasteiger partial charge < -0.3 is 14.7 Å². The van der Waals surface area contributed by atoms with Crippen molar-refractivity contribution in [3.8, 4) is 0 Å². The van der Waals surface area contributed by atoms with Crippen LogP contribution in [0.15, 0.2) is 53.7 Å². The first-order chi connectivity index (χ1) is 14.7. The van der Waals surface area contributed by atoms with Gasteiger partial charge in [0.15, 0.2) is 0 Å². The van der Waals surface area contributed by atoms with Crippen molar-refractivity contribution in [3.63, 3.8) is 0 Å². The molecule has 1 N–H and O–H groups in total. The van der Waals surface area contributed by atoms with Gasteiger partial charge in [0.25, 0.3) is 0 Å². The summed E-state index contributed by atoms with van der Waals surface area (Å²) in [7, 11) is 0. The first-order valence-electron chi connectivity index (χ1n) is 10.5. The summed E-state index contributed by atoms with van der Waals surface area (Å²) in [6.07, 6.45) is -0.351. The molecule has 1 heterocycles. The molecule has 7 heteroatoms. The molecule has 168 valence electrons. The highest BCUT2D eigenvalue weighted by molar-refractivity contribution is 6.01. The van der Waals surface area contributed by atoms with Crippen molar-refractivity contribution in [1.82, 2.24) is 4.90 Å². The van der Waals surface area contributed by atoms with Crippen molar-refractivity contribution in [2.45, 2.75) is 51.5 Å². The van der Waals surface area contributed by atoms with Gasteiger partial charge in [0.1, 0.15) is 17.7 Å². The van der Waals surface area contributed by atoms with Gasteiger partial charge in [-0.15, -0.1) is 0 Å². The van der Waals surface area contributed by atoms with Gasteiger partial charge in [-0.3, -0.25) is 4.90 Å². The number of nitrogens with zero attached hydrogens (tertiary/aromatic N) is 2. The van der Waals surface area contributed by atoms with Crippen molar-refractivity contribution in [2.24, 2.45) is 5.16 Å². The van der Waals surface area contributed by atoms with Crippen LogP contribution in [0.5, 0.6) is 0 Å². The van der Waals surface area contributed by atoms with Crippen molar-refractivity contribution in [1.29, 1.82) is 0 Å². The maximum Gasteiger partial charge on any atom is 0.145 e. The molecule has 2 aromatic rings. The average molecular weight is 433 g/mol. The van der Waals surface area contributed by atoms with Crippen molar-refractivity contribution < 1.29 is 23.5 Å². The molecule has 31 heavy (non-hydrogen) atoms. The summed E-state index contributed by atoms with van der Waals surface area (Å²) in [6.45, 7) is 7.30. The van der Waals surface area contributed by atoms with Crippen LogP contribution in [0.1, 0.15) is 38.3 Å². The quantitative estimate of drug-likeness (QED) is 0.647. The molecule has 1 aliphatic heterocycles. The molecule has 3 rings (SSSR count). The Hall–Kier alpha value is -2.35. The van der Waals surface area contributed by atoms with E-state index in [2.05, 4.69) is 5.16 Å². The zero-order chi connectivity index (χ0) is 22.4. The lowest BCUT2D eigenvalue weighted by Crippen LogP contribution is -2.40. The molecule has 0 aromatic heterocycles. The predicted octanol–water partition coefficient (Wildman–Crippen LogP) is 4.14. The van der Waals surface area contributed by atoms with Crippen molar-refractivity contribution in [3.05, 3.63) is 71.3 Å². The molecule has 0 bridgehead atoms. The molecule has 0 saturated carbocycles. The van der Waals surface area contributed by atoms with Crippen molar-refractivity contribution >= 4 is 5.71 Å². The monoisotopic (exact) mass is 432 g/mol. The molecule has 0 saturated heterocycles.